The van der Waals surface area contributed by atoms with Crippen LogP contribution in [0.3, 0.4) is 0 Å². The Balaban J connectivity index is 1.83. The molecule has 6 nitrogen and oxygen atoms in total. The van der Waals surface area contributed by atoms with Gasteiger partial charge in [-0.3, -0.25) is 0 Å². The minimum Gasteiger partial charge on any atom is -0.508 e. The van der Waals surface area contributed by atoms with E-state index in [0.717, 1.165) is 11.4 Å². The molecule has 1 aromatic heterocycles. The first-order chi connectivity index (χ1) is 10.2. The molecular weight excluding hydrogens is 268 g/mol. The predicted octanol–water partition coefficient (Wildman–Crippen LogP) is 2.29. The summed E-state index contributed by atoms with van der Waals surface area (Å²) in [5, 5.41) is 30.1. The molecule has 6 heteroatoms. The number of nitrogens with one attached hydrogen (secondary N) is 1. The van der Waals surface area contributed by atoms with E-state index in [2.05, 4.69) is 15.6 Å². The van der Waals surface area contributed by atoms with E-state index in [9.17, 15) is 10.2 Å². The van der Waals surface area contributed by atoms with E-state index in [4.69, 9.17) is 0 Å². The second-order valence-corrected chi connectivity index (χ2v) is 4.53. The number of hydrogen-bond acceptors (Lipinski definition) is 5. The number of aromatic nitrogens is 3. The standard InChI is InChI=1S/C15H14N4O2/c20-12-6-5-11(15(21)9-12)10-16-13-3-1-2-4-14(13)19-8-7-17-18-19/h1-9,16,20-21H,10H2. The van der Waals surface area contributed by atoms with Crippen molar-refractivity contribution in [3.8, 4) is 17.2 Å². The largest absolute Gasteiger partial charge is 0.508 e. The molecule has 1 heterocycles. The van der Waals surface area contributed by atoms with Crippen LogP contribution in [-0.4, -0.2) is 25.2 Å². The van der Waals surface area contributed by atoms with Crippen molar-refractivity contribution < 1.29 is 10.2 Å². The minimum absolute atomic E-state index is 0.0410. The second-order valence-electron chi connectivity index (χ2n) is 4.53. The van der Waals surface area contributed by atoms with E-state index in [1.807, 2.05) is 24.3 Å². The van der Waals surface area contributed by atoms with Crippen LogP contribution in [0.15, 0.2) is 54.9 Å². The van der Waals surface area contributed by atoms with E-state index in [-0.39, 0.29) is 11.5 Å². The minimum atomic E-state index is 0.0410. The summed E-state index contributed by atoms with van der Waals surface area (Å²) in [4.78, 5) is 0. The maximum atomic E-state index is 9.80. The average Bonchev–Trinajstić information content (AvgIpc) is 3.01. The first-order valence-electron chi connectivity index (χ1n) is 6.44. The van der Waals surface area contributed by atoms with Crippen LogP contribution in [0.25, 0.3) is 5.69 Å². The molecule has 0 saturated carbocycles. The number of benzene rings is 2. The fraction of sp³-hybridized carbons (Fsp3) is 0.0667. The van der Waals surface area contributed by atoms with Crippen molar-refractivity contribution in [3.63, 3.8) is 0 Å². The van der Waals surface area contributed by atoms with E-state index in [0.29, 0.717) is 12.1 Å². The van der Waals surface area contributed by atoms with Crippen molar-refractivity contribution >= 4 is 5.69 Å². The van der Waals surface area contributed by atoms with Crippen LogP contribution in [-0.2, 0) is 6.54 Å². The lowest BCUT2D eigenvalue weighted by molar-refractivity contribution is 0.446. The fourth-order valence-corrected chi connectivity index (χ4v) is 2.05. The Morgan fingerprint density at radius 3 is 2.71 bits per heavy atom. The van der Waals surface area contributed by atoms with Crippen LogP contribution >= 0.6 is 0 Å². The van der Waals surface area contributed by atoms with Crippen LogP contribution in [0, 0.1) is 0 Å². The molecular formula is C15H14N4O2. The number of rotatable bonds is 4. The van der Waals surface area contributed by atoms with Crippen LogP contribution in [0.4, 0.5) is 5.69 Å². The summed E-state index contributed by atoms with van der Waals surface area (Å²) in [6, 6.07) is 12.2. The lowest BCUT2D eigenvalue weighted by atomic mass is 10.2. The maximum Gasteiger partial charge on any atom is 0.124 e. The molecule has 0 bridgehead atoms. The predicted molar refractivity (Wildman–Crippen MR) is 78.5 cm³/mol. The number of nitrogens with zero attached hydrogens (tertiary/aromatic N) is 3. The summed E-state index contributed by atoms with van der Waals surface area (Å²) in [6.45, 7) is 0.428. The number of hydrogen-bond donors (Lipinski definition) is 3. The number of aromatic hydroxyl groups is 2. The smallest absolute Gasteiger partial charge is 0.124 e. The van der Waals surface area contributed by atoms with Gasteiger partial charge in [0, 0.05) is 18.2 Å². The molecule has 0 fully saturated rings. The topological polar surface area (TPSA) is 83.2 Å². The second kappa shape index (κ2) is 5.54. The fourth-order valence-electron chi connectivity index (χ4n) is 2.05. The van der Waals surface area contributed by atoms with E-state index < -0.39 is 0 Å². The van der Waals surface area contributed by atoms with Gasteiger partial charge in [0.25, 0.3) is 0 Å². The molecule has 21 heavy (non-hydrogen) atoms. The monoisotopic (exact) mass is 282 g/mol. The first kappa shape index (κ1) is 13.0. The van der Waals surface area contributed by atoms with Crippen molar-refractivity contribution in [2.45, 2.75) is 6.54 Å². The quantitative estimate of drug-likeness (QED) is 0.684. The van der Waals surface area contributed by atoms with Crippen molar-refractivity contribution in [3.05, 3.63) is 60.4 Å². The Labute approximate surface area is 121 Å². The number of phenols is 2. The zero-order valence-electron chi connectivity index (χ0n) is 11.1. The summed E-state index contributed by atoms with van der Waals surface area (Å²) in [6.07, 6.45) is 3.38. The van der Waals surface area contributed by atoms with Gasteiger partial charge in [-0.2, -0.15) is 0 Å². The highest BCUT2D eigenvalue weighted by atomic mass is 16.3. The van der Waals surface area contributed by atoms with Gasteiger partial charge in [0.15, 0.2) is 0 Å². The van der Waals surface area contributed by atoms with Crippen LogP contribution < -0.4 is 5.32 Å². The zero-order valence-corrected chi connectivity index (χ0v) is 11.1. The molecule has 3 rings (SSSR count). The maximum absolute atomic E-state index is 9.80. The van der Waals surface area contributed by atoms with Crippen molar-refractivity contribution in [2.24, 2.45) is 0 Å². The Kier molecular flexibility index (Phi) is 3.42. The van der Waals surface area contributed by atoms with Crippen LogP contribution in [0.1, 0.15) is 5.56 Å². The molecule has 106 valence electrons. The Morgan fingerprint density at radius 1 is 1.10 bits per heavy atom. The molecule has 0 saturated heterocycles. The summed E-state index contributed by atoms with van der Waals surface area (Å²) in [5.41, 5.74) is 2.44. The Bertz CT molecular complexity index is 741. The highest BCUT2D eigenvalue weighted by molar-refractivity contribution is 5.61. The van der Waals surface area contributed by atoms with Crippen molar-refractivity contribution in [2.75, 3.05) is 5.32 Å². The number of para-hydroxylation sites is 2. The van der Waals surface area contributed by atoms with Gasteiger partial charge in [0.1, 0.15) is 11.5 Å². The third-order valence-electron chi connectivity index (χ3n) is 3.11. The van der Waals surface area contributed by atoms with Gasteiger partial charge >= 0.3 is 0 Å². The normalized spacial score (nSPS) is 10.5. The SMILES string of the molecule is Oc1ccc(CNc2ccccc2-n2ccnn2)c(O)c1. The van der Waals surface area contributed by atoms with Gasteiger partial charge in [0.2, 0.25) is 0 Å². The third kappa shape index (κ3) is 2.79. The molecule has 3 aromatic rings. The van der Waals surface area contributed by atoms with Crippen LogP contribution in [0.5, 0.6) is 11.5 Å². The van der Waals surface area contributed by atoms with Crippen LogP contribution in [0.2, 0.25) is 0 Å². The molecule has 0 spiro atoms. The molecule has 3 N–H and O–H groups in total. The van der Waals surface area contributed by atoms with E-state index in [1.54, 1.807) is 29.2 Å². The number of phenolic OH excluding ortho intramolecular Hbond substituents is 2. The molecule has 2 aromatic carbocycles. The summed E-state index contributed by atoms with van der Waals surface area (Å²) in [5.74, 6) is 0.0972. The molecule has 0 aliphatic rings. The van der Waals surface area contributed by atoms with Gasteiger partial charge in [-0.1, -0.05) is 17.3 Å². The summed E-state index contributed by atoms with van der Waals surface area (Å²) >= 11 is 0. The van der Waals surface area contributed by atoms with Crippen molar-refractivity contribution in [1.29, 1.82) is 0 Å². The molecule has 0 unspecified atom stereocenters. The molecule has 0 radical (unpaired) electrons. The first-order valence-corrected chi connectivity index (χ1v) is 6.44. The van der Waals surface area contributed by atoms with E-state index in [1.165, 1.54) is 6.07 Å². The highest BCUT2D eigenvalue weighted by Gasteiger charge is 2.06. The zero-order chi connectivity index (χ0) is 14.7. The lowest BCUT2D eigenvalue weighted by Gasteiger charge is -2.12. The van der Waals surface area contributed by atoms with Gasteiger partial charge in [-0.25, -0.2) is 4.68 Å². The van der Waals surface area contributed by atoms with Gasteiger partial charge < -0.3 is 15.5 Å². The van der Waals surface area contributed by atoms with Gasteiger partial charge in [0.05, 0.1) is 23.8 Å². The molecule has 0 aliphatic heterocycles. The van der Waals surface area contributed by atoms with Gasteiger partial charge in [-0.05, 0) is 24.3 Å². The van der Waals surface area contributed by atoms with Crippen molar-refractivity contribution in [1.82, 2.24) is 15.0 Å². The molecule has 0 aliphatic carbocycles. The third-order valence-corrected chi connectivity index (χ3v) is 3.11. The Morgan fingerprint density at radius 2 is 1.95 bits per heavy atom. The highest BCUT2D eigenvalue weighted by Crippen LogP contribution is 2.25. The van der Waals surface area contributed by atoms with E-state index >= 15 is 0 Å². The molecule has 0 amide bonds. The summed E-state index contributed by atoms with van der Waals surface area (Å²) < 4.78 is 1.67. The number of anilines is 1. The Hall–Kier alpha value is -3.02. The average molecular weight is 282 g/mol. The summed E-state index contributed by atoms with van der Waals surface area (Å²) in [7, 11) is 0. The molecule has 0 atom stereocenters. The van der Waals surface area contributed by atoms with Gasteiger partial charge in [-0.15, -0.1) is 5.10 Å². The lowest BCUT2D eigenvalue weighted by Crippen LogP contribution is -2.05.